The lowest BCUT2D eigenvalue weighted by atomic mass is 10.0. The average Bonchev–Trinajstić information content (AvgIpc) is 3.43. The number of aromatic nitrogens is 1. The molecule has 38 heavy (non-hydrogen) atoms. The molecule has 2 N–H and O–H groups in total. The molecule has 196 valence electrons. The summed E-state index contributed by atoms with van der Waals surface area (Å²) < 4.78 is 24.1. The second-order valence-corrected chi connectivity index (χ2v) is 9.41. The monoisotopic (exact) mass is 533 g/mol. The standard InChI is InChI=1S/C29H28FN3O4S/c1-36-13-3-14-37-26-18-21(16-23(19-26)28(35)33-29-31-12-15-38-29)7-6-20-4-2-5-25(17-20)32-27(34)22-8-10-24(30)11-9-22/h2,4-5,8-12,15-19H,3,6-7,13-14H2,1H3,(H,32,34)(H,31,33,35). The molecule has 4 rings (SSSR count). The number of carbonyl (C=O) groups is 2. The summed E-state index contributed by atoms with van der Waals surface area (Å²) in [5.74, 6) is -0.342. The maximum Gasteiger partial charge on any atom is 0.257 e. The van der Waals surface area contributed by atoms with E-state index in [1.54, 1.807) is 30.8 Å². The van der Waals surface area contributed by atoms with Crippen LogP contribution in [-0.4, -0.2) is 37.1 Å². The summed E-state index contributed by atoms with van der Waals surface area (Å²) in [7, 11) is 1.64. The van der Waals surface area contributed by atoms with Gasteiger partial charge in [-0.1, -0.05) is 12.1 Å². The van der Waals surface area contributed by atoms with E-state index < -0.39 is 5.82 Å². The van der Waals surface area contributed by atoms with Crippen molar-refractivity contribution < 1.29 is 23.5 Å². The third-order valence-corrected chi connectivity index (χ3v) is 6.32. The number of methoxy groups -OCH3 is 1. The molecule has 0 atom stereocenters. The highest BCUT2D eigenvalue weighted by atomic mass is 32.1. The van der Waals surface area contributed by atoms with E-state index in [4.69, 9.17) is 9.47 Å². The number of rotatable bonds is 12. The van der Waals surface area contributed by atoms with Crippen molar-refractivity contribution in [2.45, 2.75) is 19.3 Å². The van der Waals surface area contributed by atoms with Crippen molar-refractivity contribution >= 4 is 34.0 Å². The number of benzene rings is 3. The first-order valence-electron chi connectivity index (χ1n) is 12.1. The Hall–Kier alpha value is -4.08. The molecule has 3 aromatic carbocycles. The summed E-state index contributed by atoms with van der Waals surface area (Å²) in [5.41, 5.74) is 3.47. The minimum absolute atomic E-state index is 0.256. The molecule has 2 amide bonds. The highest BCUT2D eigenvalue weighted by Gasteiger charge is 2.12. The molecule has 1 aromatic heterocycles. The predicted octanol–water partition coefficient (Wildman–Crippen LogP) is 5.99. The molecule has 1 heterocycles. The van der Waals surface area contributed by atoms with Gasteiger partial charge in [0.25, 0.3) is 11.8 Å². The van der Waals surface area contributed by atoms with Crippen LogP contribution in [0, 0.1) is 5.82 Å². The molecule has 9 heteroatoms. The molecule has 0 aliphatic carbocycles. The van der Waals surface area contributed by atoms with Gasteiger partial charge < -0.3 is 14.8 Å². The van der Waals surface area contributed by atoms with Crippen LogP contribution in [-0.2, 0) is 17.6 Å². The fourth-order valence-corrected chi connectivity index (χ4v) is 4.29. The Morgan fingerprint density at radius 1 is 0.895 bits per heavy atom. The lowest BCUT2D eigenvalue weighted by Crippen LogP contribution is -2.13. The van der Waals surface area contributed by atoms with E-state index in [0.29, 0.717) is 53.8 Å². The maximum atomic E-state index is 13.2. The molecule has 0 spiro atoms. The van der Waals surface area contributed by atoms with Crippen molar-refractivity contribution in [2.24, 2.45) is 0 Å². The molecular formula is C29H28FN3O4S. The van der Waals surface area contributed by atoms with Crippen molar-refractivity contribution in [3.8, 4) is 5.75 Å². The van der Waals surface area contributed by atoms with Crippen LogP contribution in [0.1, 0.15) is 38.3 Å². The normalized spacial score (nSPS) is 10.7. The van der Waals surface area contributed by atoms with Gasteiger partial charge in [0.2, 0.25) is 0 Å². The van der Waals surface area contributed by atoms with Crippen molar-refractivity contribution in [1.82, 2.24) is 4.98 Å². The van der Waals surface area contributed by atoms with Crippen LogP contribution in [0.5, 0.6) is 5.75 Å². The van der Waals surface area contributed by atoms with Gasteiger partial charge >= 0.3 is 0 Å². The smallest absolute Gasteiger partial charge is 0.257 e. The molecule has 0 aliphatic rings. The van der Waals surface area contributed by atoms with E-state index in [2.05, 4.69) is 15.6 Å². The summed E-state index contributed by atoms with van der Waals surface area (Å²) >= 11 is 1.35. The highest BCUT2D eigenvalue weighted by Crippen LogP contribution is 2.22. The maximum absolute atomic E-state index is 13.2. The molecule has 4 aromatic rings. The first-order valence-corrected chi connectivity index (χ1v) is 13.0. The number of anilines is 2. The Labute approximate surface area is 224 Å². The molecule has 0 saturated carbocycles. The van der Waals surface area contributed by atoms with Crippen LogP contribution in [0.25, 0.3) is 0 Å². The molecule has 7 nitrogen and oxygen atoms in total. The number of hydrogen-bond acceptors (Lipinski definition) is 6. The molecule has 0 saturated heterocycles. The summed E-state index contributed by atoms with van der Waals surface area (Å²) in [5, 5.41) is 8.00. The van der Waals surface area contributed by atoms with Crippen LogP contribution < -0.4 is 15.4 Å². The van der Waals surface area contributed by atoms with E-state index >= 15 is 0 Å². The van der Waals surface area contributed by atoms with Crippen LogP contribution in [0.3, 0.4) is 0 Å². The van der Waals surface area contributed by atoms with Crippen molar-refractivity contribution in [1.29, 1.82) is 0 Å². The summed E-state index contributed by atoms with van der Waals surface area (Å²) in [6, 6.07) is 18.5. The summed E-state index contributed by atoms with van der Waals surface area (Å²) in [6.45, 7) is 1.06. The Bertz CT molecular complexity index is 1360. The predicted molar refractivity (Wildman–Crippen MR) is 147 cm³/mol. The topological polar surface area (TPSA) is 89.5 Å². The third kappa shape index (κ3) is 7.96. The minimum Gasteiger partial charge on any atom is -0.493 e. The average molecular weight is 534 g/mol. The second-order valence-electron chi connectivity index (χ2n) is 8.51. The van der Waals surface area contributed by atoms with Gasteiger partial charge in [-0.2, -0.15) is 0 Å². The molecule has 0 unspecified atom stereocenters. The van der Waals surface area contributed by atoms with Crippen molar-refractivity contribution in [3.63, 3.8) is 0 Å². The fourth-order valence-electron chi connectivity index (χ4n) is 3.77. The number of ether oxygens (including phenoxy) is 2. The van der Waals surface area contributed by atoms with E-state index in [-0.39, 0.29) is 11.8 Å². The first kappa shape index (κ1) is 27.0. The summed E-state index contributed by atoms with van der Waals surface area (Å²) in [6.07, 6.45) is 3.71. The van der Waals surface area contributed by atoms with Crippen LogP contribution >= 0.6 is 11.3 Å². The Morgan fingerprint density at radius 2 is 1.68 bits per heavy atom. The molecule has 0 aliphatic heterocycles. The van der Waals surface area contributed by atoms with Gasteiger partial charge in [0, 0.05) is 48.5 Å². The van der Waals surface area contributed by atoms with Crippen LogP contribution in [0.15, 0.2) is 78.3 Å². The first-order chi connectivity index (χ1) is 18.5. The minimum atomic E-state index is -0.392. The molecular weight excluding hydrogens is 505 g/mol. The number of nitrogens with one attached hydrogen (secondary N) is 2. The Kier molecular flexibility index (Phi) is 9.55. The number of nitrogens with zero attached hydrogens (tertiary/aromatic N) is 1. The van der Waals surface area contributed by atoms with Crippen molar-refractivity contribution in [3.05, 3.63) is 106 Å². The molecule has 0 radical (unpaired) electrons. The SMILES string of the molecule is COCCCOc1cc(CCc2cccc(NC(=O)c3ccc(F)cc3)c2)cc(C(=O)Nc2nccs2)c1. The van der Waals surface area contributed by atoms with Crippen LogP contribution in [0.2, 0.25) is 0 Å². The lowest BCUT2D eigenvalue weighted by molar-refractivity contribution is 0.101. The third-order valence-electron chi connectivity index (χ3n) is 5.64. The van der Waals surface area contributed by atoms with Gasteiger partial charge in [0.15, 0.2) is 5.13 Å². The van der Waals surface area contributed by atoms with Gasteiger partial charge in [-0.25, -0.2) is 9.37 Å². The van der Waals surface area contributed by atoms with E-state index in [9.17, 15) is 14.0 Å². The fraction of sp³-hybridized carbons (Fsp3) is 0.207. The zero-order chi connectivity index (χ0) is 26.7. The van der Waals surface area contributed by atoms with E-state index in [1.807, 2.05) is 30.3 Å². The number of hydrogen-bond donors (Lipinski definition) is 2. The van der Waals surface area contributed by atoms with Gasteiger partial charge in [-0.15, -0.1) is 11.3 Å². The molecule has 0 fully saturated rings. The summed E-state index contributed by atoms with van der Waals surface area (Å²) in [4.78, 5) is 29.5. The Balaban J connectivity index is 1.44. The Morgan fingerprint density at radius 3 is 2.45 bits per heavy atom. The number of halogens is 1. The second kappa shape index (κ2) is 13.5. The number of carbonyl (C=O) groups excluding carboxylic acids is 2. The van der Waals surface area contributed by atoms with Gasteiger partial charge in [0.1, 0.15) is 11.6 Å². The van der Waals surface area contributed by atoms with Gasteiger partial charge in [-0.05, 0) is 78.6 Å². The largest absolute Gasteiger partial charge is 0.493 e. The van der Waals surface area contributed by atoms with E-state index in [1.165, 1.54) is 35.6 Å². The molecule has 0 bridgehead atoms. The van der Waals surface area contributed by atoms with Gasteiger partial charge in [0.05, 0.1) is 6.61 Å². The van der Waals surface area contributed by atoms with Gasteiger partial charge in [-0.3, -0.25) is 14.9 Å². The van der Waals surface area contributed by atoms with Crippen LogP contribution in [0.4, 0.5) is 15.2 Å². The lowest BCUT2D eigenvalue weighted by Gasteiger charge is -2.12. The highest BCUT2D eigenvalue weighted by molar-refractivity contribution is 7.13. The van der Waals surface area contributed by atoms with E-state index in [0.717, 1.165) is 17.5 Å². The number of thiazole rings is 1. The quantitative estimate of drug-likeness (QED) is 0.219. The zero-order valence-corrected chi connectivity index (χ0v) is 21.7. The number of amides is 2. The zero-order valence-electron chi connectivity index (χ0n) is 20.9. The van der Waals surface area contributed by atoms with Crippen molar-refractivity contribution in [2.75, 3.05) is 31.0 Å². The number of aryl methyl sites for hydroxylation is 2.